The van der Waals surface area contributed by atoms with Gasteiger partial charge in [-0.1, -0.05) is 139 Å². The number of para-hydroxylation sites is 2. The summed E-state index contributed by atoms with van der Waals surface area (Å²) in [6.07, 6.45) is 0. The molecule has 4 nitrogen and oxygen atoms in total. The zero-order valence-electron chi connectivity index (χ0n) is 36.3. The predicted octanol–water partition coefficient (Wildman–Crippen LogP) is 15.1. The quantitative estimate of drug-likeness (QED) is 0.179. The van der Waals surface area contributed by atoms with Crippen LogP contribution < -0.4 is 9.64 Å². The lowest BCUT2D eigenvalue weighted by Crippen LogP contribution is -2.32. The van der Waals surface area contributed by atoms with E-state index >= 15 is 0 Å². The van der Waals surface area contributed by atoms with E-state index in [1.807, 2.05) is 60.7 Å². The number of anilines is 3. The Morgan fingerprint density at radius 2 is 1.02 bits per heavy atom. The Labute approximate surface area is 346 Å². The molecule has 0 fully saturated rings. The van der Waals surface area contributed by atoms with Crippen LogP contribution in [0.1, 0.15) is 29.1 Å². The van der Waals surface area contributed by atoms with Crippen molar-refractivity contribution in [1.82, 2.24) is 0 Å². The Balaban J connectivity index is 1.10. The van der Waals surface area contributed by atoms with E-state index in [1.54, 1.807) is 6.07 Å². The summed E-state index contributed by atoms with van der Waals surface area (Å²) in [4.78, 5) is 2.23. The fourth-order valence-electron chi connectivity index (χ4n) is 9.88. The molecular weight excluding hydrogens is 723 g/mol. The monoisotopic (exact) mass is 760 g/mol. The van der Waals surface area contributed by atoms with Gasteiger partial charge in [0.2, 0.25) is 0 Å². The number of hydrogen-bond donors (Lipinski definition) is 0. The number of fused-ring (bicyclic) bond motifs is 15. The van der Waals surface area contributed by atoms with Crippen molar-refractivity contribution in [3.63, 3.8) is 0 Å². The number of rotatable bonds is 4. The Bertz CT molecular complexity index is 3740. The van der Waals surface area contributed by atoms with E-state index in [0.29, 0.717) is 16.7 Å². The van der Waals surface area contributed by atoms with Crippen molar-refractivity contribution in [3.8, 4) is 33.8 Å². The smallest absolute Gasteiger partial charge is 0.137 e. The minimum Gasteiger partial charge on any atom is -0.457 e. The summed E-state index contributed by atoms with van der Waals surface area (Å²) in [5.74, 6) is 1.51. The van der Waals surface area contributed by atoms with Crippen LogP contribution in [0.5, 0.6) is 11.5 Å². The second-order valence-electron chi connectivity index (χ2n) is 15.2. The molecule has 0 saturated carbocycles. The normalized spacial score (nSPS) is 14.5. The summed E-state index contributed by atoms with van der Waals surface area (Å²) in [6, 6.07) is 56.1. The molecular formula is C55H33NO3. The Morgan fingerprint density at radius 1 is 0.424 bits per heavy atom. The third-order valence-electron chi connectivity index (χ3n) is 12.2. The highest BCUT2D eigenvalue weighted by Crippen LogP contribution is 2.62. The summed E-state index contributed by atoms with van der Waals surface area (Å²) in [7, 11) is 0. The lowest BCUT2D eigenvalue weighted by molar-refractivity contribution is 0.436. The predicted molar refractivity (Wildman–Crippen MR) is 238 cm³/mol. The minimum absolute atomic E-state index is 0.127. The third kappa shape index (κ3) is 4.43. The first-order valence-electron chi connectivity index (χ1n) is 22.2. The van der Waals surface area contributed by atoms with Crippen LogP contribution in [0.3, 0.4) is 0 Å². The summed E-state index contributed by atoms with van der Waals surface area (Å²) in [5.41, 5.74) is 12.1. The van der Waals surface area contributed by atoms with Crippen molar-refractivity contribution < 1.29 is 20.4 Å². The fraction of sp³-hybridized carbons (Fsp3) is 0.0182. The van der Waals surface area contributed by atoms with Gasteiger partial charge in [-0.2, -0.15) is 0 Å². The highest BCUT2D eigenvalue weighted by atomic mass is 16.5. The highest BCUT2D eigenvalue weighted by molar-refractivity contribution is 6.18. The molecule has 1 spiro atoms. The number of ether oxygens (including phenoxy) is 1. The maximum Gasteiger partial charge on any atom is 0.137 e. The molecule has 0 bridgehead atoms. The van der Waals surface area contributed by atoms with Crippen molar-refractivity contribution >= 4 is 60.9 Å². The topological polar surface area (TPSA) is 38.8 Å². The van der Waals surface area contributed by atoms with E-state index in [9.17, 15) is 0 Å². The van der Waals surface area contributed by atoms with Gasteiger partial charge in [0.05, 0.1) is 34.4 Å². The van der Waals surface area contributed by atoms with Gasteiger partial charge in [0.15, 0.2) is 0 Å². The molecule has 0 unspecified atom stereocenters. The molecule has 276 valence electrons. The zero-order chi connectivity index (χ0) is 43.0. The van der Waals surface area contributed by atoms with E-state index in [4.69, 9.17) is 20.4 Å². The summed E-state index contributed by atoms with van der Waals surface area (Å²) in [6.45, 7) is 0. The minimum atomic E-state index is -0.637. The molecule has 0 radical (unpaired) electrons. The molecule has 59 heavy (non-hydrogen) atoms. The first-order valence-corrected chi connectivity index (χ1v) is 19.7. The molecule has 4 heteroatoms. The SMILES string of the molecule is [2H]c1c([2H])c([2H])c(-c2ccc3oc4cccc(N(c5ccc6c(c5)Oc5ccccc5C65c6ccccc6-c6ccccc65)c5cccc6oc7ccccc7c56)c4c3c2)c([2H])c1[2H]. The number of hydrogen-bond acceptors (Lipinski definition) is 4. The Hall–Kier alpha value is -7.82. The van der Waals surface area contributed by atoms with Gasteiger partial charge in [-0.25, -0.2) is 0 Å². The molecule has 0 atom stereocenters. The molecule has 2 aliphatic rings. The second-order valence-corrected chi connectivity index (χ2v) is 15.2. The molecule has 0 saturated heterocycles. The van der Waals surface area contributed by atoms with Crippen molar-refractivity contribution in [2.75, 3.05) is 4.90 Å². The van der Waals surface area contributed by atoms with E-state index in [-0.39, 0.29) is 29.7 Å². The van der Waals surface area contributed by atoms with Crippen LogP contribution >= 0.6 is 0 Å². The van der Waals surface area contributed by atoms with Crippen LogP contribution in [0.4, 0.5) is 17.1 Å². The van der Waals surface area contributed by atoms with E-state index in [2.05, 4.69) is 108 Å². The van der Waals surface area contributed by atoms with Crippen molar-refractivity contribution in [2.45, 2.75) is 5.41 Å². The van der Waals surface area contributed by atoms with E-state index < -0.39 is 11.5 Å². The average molecular weight is 761 g/mol. The summed E-state index contributed by atoms with van der Waals surface area (Å²) in [5, 5.41) is 3.41. The first-order chi connectivity index (χ1) is 31.3. The zero-order valence-corrected chi connectivity index (χ0v) is 31.3. The molecule has 0 amide bonds. The molecule has 2 aromatic heterocycles. The first kappa shape index (κ1) is 27.7. The molecule has 11 aromatic rings. The molecule has 1 aliphatic carbocycles. The van der Waals surface area contributed by atoms with E-state index in [1.165, 1.54) is 22.3 Å². The van der Waals surface area contributed by atoms with Crippen LogP contribution in [-0.4, -0.2) is 0 Å². The van der Waals surface area contributed by atoms with Gasteiger partial charge in [-0.15, -0.1) is 0 Å². The lowest BCUT2D eigenvalue weighted by atomic mass is 9.66. The fourth-order valence-corrected chi connectivity index (χ4v) is 9.88. The van der Waals surface area contributed by atoms with Crippen molar-refractivity contribution in [1.29, 1.82) is 0 Å². The van der Waals surface area contributed by atoms with Gasteiger partial charge in [0.25, 0.3) is 0 Å². The van der Waals surface area contributed by atoms with Gasteiger partial charge in [0, 0.05) is 33.7 Å². The lowest BCUT2D eigenvalue weighted by Gasteiger charge is -2.40. The molecule has 13 rings (SSSR count). The molecule has 0 N–H and O–H groups in total. The largest absolute Gasteiger partial charge is 0.457 e. The highest BCUT2D eigenvalue weighted by Gasteiger charge is 2.51. The standard InChI is InChI=1S/C55H33NO3/c1-2-14-34(15-3-1)35-28-31-48-40(32-35)54-46(23-13-27-51(54)58-48)56(45-22-12-26-50-53(45)39-18-6-10-24-47(39)57-50)36-29-30-44-52(33-36)59-49-25-11-9-21-43(49)55(44)41-19-7-4-16-37(41)38-17-5-8-20-42(38)55/h1-33H/i1D,2D,3D,14D,15D. The second kappa shape index (κ2) is 12.1. The summed E-state index contributed by atoms with van der Waals surface area (Å²) >= 11 is 0. The van der Waals surface area contributed by atoms with Crippen LogP contribution in [0, 0.1) is 0 Å². The maximum absolute atomic E-state index is 8.81. The number of benzene rings is 9. The van der Waals surface area contributed by atoms with E-state index in [0.717, 1.165) is 72.4 Å². The van der Waals surface area contributed by atoms with Crippen LogP contribution in [-0.2, 0) is 5.41 Å². The van der Waals surface area contributed by atoms with Gasteiger partial charge < -0.3 is 18.5 Å². The van der Waals surface area contributed by atoms with Crippen LogP contribution in [0.25, 0.3) is 66.1 Å². The third-order valence-corrected chi connectivity index (χ3v) is 12.2. The Morgan fingerprint density at radius 3 is 1.76 bits per heavy atom. The number of furan rings is 2. The van der Waals surface area contributed by atoms with Gasteiger partial charge in [0.1, 0.15) is 33.8 Å². The van der Waals surface area contributed by atoms with Crippen LogP contribution in [0.15, 0.2) is 209 Å². The van der Waals surface area contributed by atoms with Crippen LogP contribution in [0.2, 0.25) is 0 Å². The summed E-state index contributed by atoms with van der Waals surface area (Å²) < 4.78 is 62.7. The van der Waals surface area contributed by atoms with Gasteiger partial charge >= 0.3 is 0 Å². The molecule has 9 aromatic carbocycles. The number of nitrogens with zero attached hydrogens (tertiary/aromatic N) is 1. The van der Waals surface area contributed by atoms with Crippen molar-refractivity contribution in [2.24, 2.45) is 0 Å². The molecule has 1 aliphatic heterocycles. The van der Waals surface area contributed by atoms with Gasteiger partial charge in [-0.3, -0.25) is 0 Å². The Kier molecular flexibility index (Phi) is 5.68. The van der Waals surface area contributed by atoms with Crippen molar-refractivity contribution in [3.05, 3.63) is 222 Å². The van der Waals surface area contributed by atoms with Gasteiger partial charge in [-0.05, 0) is 88.0 Å². The molecule has 3 heterocycles. The maximum atomic E-state index is 8.81. The average Bonchev–Trinajstić information content (AvgIpc) is 4.00.